The van der Waals surface area contributed by atoms with Crippen molar-refractivity contribution in [3.63, 3.8) is 0 Å². The largest absolute Gasteiger partial charge is 0.321 e. The van der Waals surface area contributed by atoms with Gasteiger partial charge in [0.2, 0.25) is 7.85 Å². The molecule has 0 aliphatic heterocycles. The van der Waals surface area contributed by atoms with Gasteiger partial charge < -0.3 is 5.32 Å². The van der Waals surface area contributed by atoms with Crippen LogP contribution in [0.25, 0.3) is 5.69 Å². The lowest BCUT2D eigenvalue weighted by atomic mass is 9.92. The molecule has 0 aliphatic rings. The number of carbonyl (C=O) groups is 1. The summed E-state index contributed by atoms with van der Waals surface area (Å²) >= 11 is 0. The average molecular weight is 267 g/mol. The van der Waals surface area contributed by atoms with Gasteiger partial charge in [-0.15, -0.1) is 0 Å². The molecule has 0 spiro atoms. The van der Waals surface area contributed by atoms with E-state index in [0.717, 1.165) is 11.4 Å². The van der Waals surface area contributed by atoms with Gasteiger partial charge >= 0.3 is 0 Å². The summed E-state index contributed by atoms with van der Waals surface area (Å²) in [6.07, 6.45) is 0. The number of aromatic nitrogens is 2. The fourth-order valence-electron chi connectivity index (χ4n) is 1.85. The topological polar surface area (TPSA) is 46.9 Å². The zero-order chi connectivity index (χ0) is 14.9. The first-order chi connectivity index (χ1) is 9.27. The Bertz CT molecular complexity index is 624. The smallest absolute Gasteiger partial charge is 0.201 e. The second-order valence-corrected chi connectivity index (χ2v) is 5.90. The zero-order valence-electron chi connectivity index (χ0n) is 12.3. The van der Waals surface area contributed by atoms with Crippen LogP contribution >= 0.6 is 0 Å². The summed E-state index contributed by atoms with van der Waals surface area (Å²) in [5.41, 5.74) is 2.84. The third-order valence-electron chi connectivity index (χ3n) is 3.01. The van der Waals surface area contributed by atoms with Crippen LogP contribution in [-0.2, 0) is 5.41 Å². The number of aryl methyl sites for hydroxylation is 1. The van der Waals surface area contributed by atoms with Crippen molar-refractivity contribution >= 4 is 19.5 Å². The Morgan fingerprint density at radius 1 is 1.25 bits per heavy atom. The highest BCUT2D eigenvalue weighted by molar-refractivity contribution is 6.60. The van der Waals surface area contributed by atoms with Crippen molar-refractivity contribution in [1.82, 2.24) is 9.78 Å². The zero-order valence-corrected chi connectivity index (χ0v) is 12.3. The molecule has 0 bridgehead atoms. The molecule has 5 heteroatoms. The molecule has 0 aliphatic carbocycles. The van der Waals surface area contributed by atoms with E-state index >= 15 is 0 Å². The number of carbonyl (C=O) groups excluding carboxylic acids is 1. The highest BCUT2D eigenvalue weighted by atomic mass is 16.1. The van der Waals surface area contributed by atoms with Crippen LogP contribution in [0.2, 0.25) is 0 Å². The SMILES string of the molecule is [B]C(=O)Nc1cc(C(C)(C)C)nn1-c1ccc(C)cc1. The minimum atomic E-state index is -0.598. The molecule has 0 saturated heterocycles. The molecular weight excluding hydrogens is 249 g/mol. The Morgan fingerprint density at radius 3 is 2.35 bits per heavy atom. The van der Waals surface area contributed by atoms with Crippen LogP contribution in [-0.4, -0.2) is 23.4 Å². The van der Waals surface area contributed by atoms with E-state index in [0.29, 0.717) is 5.82 Å². The number of anilines is 1. The van der Waals surface area contributed by atoms with Gasteiger partial charge in [0.25, 0.3) is 0 Å². The Kier molecular flexibility index (Phi) is 3.70. The highest BCUT2D eigenvalue weighted by Crippen LogP contribution is 2.26. The minimum Gasteiger partial charge on any atom is -0.321 e. The molecule has 4 nitrogen and oxygen atoms in total. The molecule has 20 heavy (non-hydrogen) atoms. The van der Waals surface area contributed by atoms with Crippen molar-refractivity contribution in [2.75, 3.05) is 5.32 Å². The van der Waals surface area contributed by atoms with E-state index in [2.05, 4.69) is 31.2 Å². The molecule has 2 aromatic rings. The standard InChI is InChI=1S/C15H18BN3O/c1-10-5-7-11(8-6-10)19-13(17-14(16)20)9-12(18-19)15(2,3)4/h5-9H,1-4H3,(H,17,20). The predicted octanol–water partition coefficient (Wildman–Crippen LogP) is 3.18. The van der Waals surface area contributed by atoms with Crippen LogP contribution < -0.4 is 5.32 Å². The first-order valence-corrected chi connectivity index (χ1v) is 6.51. The van der Waals surface area contributed by atoms with Crippen molar-refractivity contribution in [3.05, 3.63) is 41.6 Å². The maximum absolute atomic E-state index is 11.1. The lowest BCUT2D eigenvalue weighted by Gasteiger charge is -2.14. The van der Waals surface area contributed by atoms with Crippen molar-refractivity contribution in [2.24, 2.45) is 0 Å². The molecule has 0 unspecified atom stereocenters. The highest BCUT2D eigenvalue weighted by Gasteiger charge is 2.20. The molecular formula is C15H18BN3O. The quantitative estimate of drug-likeness (QED) is 0.849. The first kappa shape index (κ1) is 14.4. The van der Waals surface area contributed by atoms with Crippen LogP contribution in [0.4, 0.5) is 10.6 Å². The Labute approximate surface area is 120 Å². The number of rotatable bonds is 2. The lowest BCUT2D eigenvalue weighted by Crippen LogP contribution is -2.13. The summed E-state index contributed by atoms with van der Waals surface area (Å²) in [6, 6.07) is 9.77. The number of benzene rings is 1. The van der Waals surface area contributed by atoms with Crippen LogP contribution in [0, 0.1) is 6.92 Å². The number of nitrogens with one attached hydrogen (secondary N) is 1. The Morgan fingerprint density at radius 2 is 1.85 bits per heavy atom. The number of hydrogen-bond acceptors (Lipinski definition) is 2. The molecule has 102 valence electrons. The summed E-state index contributed by atoms with van der Waals surface area (Å²) < 4.78 is 1.70. The van der Waals surface area contributed by atoms with E-state index in [-0.39, 0.29) is 5.41 Å². The van der Waals surface area contributed by atoms with Crippen LogP contribution in [0.1, 0.15) is 32.0 Å². The molecule has 1 heterocycles. The van der Waals surface area contributed by atoms with E-state index in [1.807, 2.05) is 37.3 Å². The predicted molar refractivity (Wildman–Crippen MR) is 81.8 cm³/mol. The summed E-state index contributed by atoms with van der Waals surface area (Å²) in [7, 11) is 5.22. The van der Waals surface area contributed by atoms with E-state index in [9.17, 15) is 4.79 Å². The molecule has 1 aromatic heterocycles. The van der Waals surface area contributed by atoms with Gasteiger partial charge in [-0.05, 0) is 19.1 Å². The third kappa shape index (κ3) is 3.10. The molecule has 2 radical (unpaired) electrons. The molecule has 0 atom stereocenters. The maximum Gasteiger partial charge on any atom is 0.201 e. The molecule has 1 aromatic carbocycles. The van der Waals surface area contributed by atoms with Gasteiger partial charge in [-0.3, -0.25) is 4.79 Å². The second kappa shape index (κ2) is 5.15. The van der Waals surface area contributed by atoms with E-state index in [1.54, 1.807) is 4.68 Å². The van der Waals surface area contributed by atoms with Gasteiger partial charge in [0, 0.05) is 11.5 Å². The van der Waals surface area contributed by atoms with E-state index in [4.69, 9.17) is 7.85 Å². The average Bonchev–Trinajstić information content (AvgIpc) is 2.73. The monoisotopic (exact) mass is 267 g/mol. The molecule has 2 rings (SSSR count). The summed E-state index contributed by atoms with van der Waals surface area (Å²) in [6.45, 7) is 8.24. The fraction of sp³-hybridized carbons (Fsp3) is 0.333. The van der Waals surface area contributed by atoms with Crippen LogP contribution in [0.5, 0.6) is 0 Å². The Balaban J connectivity index is 2.52. The number of nitrogens with zero attached hydrogens (tertiary/aromatic N) is 2. The van der Waals surface area contributed by atoms with E-state index in [1.165, 1.54) is 5.56 Å². The molecule has 1 N–H and O–H groups in total. The maximum atomic E-state index is 11.1. The van der Waals surface area contributed by atoms with Crippen molar-refractivity contribution in [1.29, 1.82) is 0 Å². The van der Waals surface area contributed by atoms with Gasteiger partial charge in [0.05, 0.1) is 11.4 Å². The van der Waals surface area contributed by atoms with Gasteiger partial charge in [0.15, 0.2) is 5.81 Å². The molecule has 0 fully saturated rings. The first-order valence-electron chi connectivity index (χ1n) is 6.51. The van der Waals surface area contributed by atoms with Gasteiger partial charge in [-0.1, -0.05) is 38.5 Å². The molecule has 1 amide bonds. The van der Waals surface area contributed by atoms with Crippen LogP contribution in [0.3, 0.4) is 0 Å². The number of amides is 1. The third-order valence-corrected chi connectivity index (χ3v) is 3.01. The minimum absolute atomic E-state index is 0.107. The normalized spacial score (nSPS) is 11.4. The number of hydrogen-bond donors (Lipinski definition) is 1. The van der Waals surface area contributed by atoms with Crippen LogP contribution in [0.15, 0.2) is 30.3 Å². The van der Waals surface area contributed by atoms with Gasteiger partial charge in [-0.25, -0.2) is 4.68 Å². The van der Waals surface area contributed by atoms with Gasteiger partial charge in [-0.2, -0.15) is 5.10 Å². The van der Waals surface area contributed by atoms with Crippen molar-refractivity contribution in [3.8, 4) is 5.69 Å². The lowest BCUT2D eigenvalue weighted by molar-refractivity contribution is 0.268. The Hall–Kier alpha value is -2.04. The summed E-state index contributed by atoms with van der Waals surface area (Å²) in [5, 5.41) is 7.20. The van der Waals surface area contributed by atoms with Crippen molar-refractivity contribution < 1.29 is 4.79 Å². The summed E-state index contributed by atoms with van der Waals surface area (Å²) in [4.78, 5) is 11.1. The van der Waals surface area contributed by atoms with Crippen molar-refractivity contribution in [2.45, 2.75) is 33.1 Å². The van der Waals surface area contributed by atoms with Gasteiger partial charge in [0.1, 0.15) is 5.82 Å². The summed E-state index contributed by atoms with van der Waals surface area (Å²) in [5.74, 6) is -0.0231. The molecule has 0 saturated carbocycles. The van der Waals surface area contributed by atoms with E-state index < -0.39 is 5.81 Å². The fourth-order valence-corrected chi connectivity index (χ4v) is 1.85. The second-order valence-electron chi connectivity index (χ2n) is 5.90.